The maximum absolute atomic E-state index is 13.2. The zero-order valence-electron chi connectivity index (χ0n) is 18.4. The summed E-state index contributed by atoms with van der Waals surface area (Å²) in [7, 11) is -3.80. The van der Waals surface area contributed by atoms with E-state index in [0.29, 0.717) is 11.6 Å². The Hall–Kier alpha value is -1.80. The number of likely N-dealkylation sites (tertiary alicyclic amines) is 1. The number of carbonyl (C=O) groups excluding carboxylic acids is 1. The Morgan fingerprint density at radius 3 is 2.41 bits per heavy atom. The van der Waals surface area contributed by atoms with Crippen molar-refractivity contribution in [3.05, 3.63) is 63.6 Å². The summed E-state index contributed by atoms with van der Waals surface area (Å²) >= 11 is 12.4. The van der Waals surface area contributed by atoms with E-state index in [1.165, 1.54) is 30.5 Å². The molecule has 1 saturated heterocycles. The van der Waals surface area contributed by atoms with Crippen LogP contribution in [-0.2, 0) is 27.9 Å². The fraction of sp³-hybridized carbons (Fsp3) is 0.435. The van der Waals surface area contributed by atoms with E-state index in [-0.39, 0.29) is 23.0 Å². The van der Waals surface area contributed by atoms with Crippen LogP contribution in [0.2, 0.25) is 10.0 Å². The Bertz CT molecular complexity index is 1060. The molecule has 1 atom stereocenters. The number of rotatable bonds is 9. The summed E-state index contributed by atoms with van der Waals surface area (Å²) in [5, 5.41) is 3.48. The lowest BCUT2D eigenvalue weighted by Crippen LogP contribution is -2.49. The van der Waals surface area contributed by atoms with Crippen LogP contribution in [0.1, 0.15) is 37.3 Å². The van der Waals surface area contributed by atoms with Crippen molar-refractivity contribution in [3.63, 3.8) is 0 Å². The second-order valence-corrected chi connectivity index (χ2v) is 10.8. The lowest BCUT2D eigenvalue weighted by atomic mass is 10.1. The maximum Gasteiger partial charge on any atom is 0.244 e. The minimum absolute atomic E-state index is 0.193. The molecule has 1 fully saturated rings. The number of hydrogen-bond acceptors (Lipinski definition) is 4. The summed E-state index contributed by atoms with van der Waals surface area (Å²) in [4.78, 5) is 15.6. The highest BCUT2D eigenvalue weighted by molar-refractivity contribution is 7.92. The molecule has 1 aliphatic rings. The Morgan fingerprint density at radius 2 is 1.78 bits per heavy atom. The van der Waals surface area contributed by atoms with Crippen molar-refractivity contribution >= 4 is 44.8 Å². The van der Waals surface area contributed by atoms with Gasteiger partial charge < -0.3 is 5.32 Å². The number of halogens is 2. The molecule has 32 heavy (non-hydrogen) atoms. The van der Waals surface area contributed by atoms with Gasteiger partial charge in [0.05, 0.1) is 17.0 Å². The van der Waals surface area contributed by atoms with Crippen molar-refractivity contribution in [1.82, 2.24) is 10.2 Å². The van der Waals surface area contributed by atoms with E-state index in [4.69, 9.17) is 23.2 Å². The normalized spacial score (nSPS) is 15.5. The van der Waals surface area contributed by atoms with Crippen LogP contribution in [0, 0.1) is 0 Å². The molecule has 1 amide bonds. The predicted molar refractivity (Wildman–Crippen MR) is 131 cm³/mol. The molecule has 0 unspecified atom stereocenters. The Balaban J connectivity index is 1.80. The van der Waals surface area contributed by atoms with Gasteiger partial charge in [0.15, 0.2) is 0 Å². The molecule has 1 heterocycles. The van der Waals surface area contributed by atoms with Crippen LogP contribution >= 0.6 is 23.2 Å². The summed E-state index contributed by atoms with van der Waals surface area (Å²) in [6.45, 7) is 5.10. The molecule has 3 rings (SSSR count). The highest BCUT2D eigenvalue weighted by atomic mass is 35.5. The zero-order valence-corrected chi connectivity index (χ0v) is 20.7. The fourth-order valence-corrected chi connectivity index (χ4v) is 5.70. The third-order valence-electron chi connectivity index (χ3n) is 5.64. The number of benzene rings is 2. The molecule has 0 radical (unpaired) electrons. The number of anilines is 1. The van der Waals surface area contributed by atoms with E-state index in [1.54, 1.807) is 13.0 Å². The summed E-state index contributed by atoms with van der Waals surface area (Å²) in [5.41, 5.74) is 2.38. The molecule has 1 N–H and O–H groups in total. The molecule has 2 aromatic carbocycles. The molecule has 2 aromatic rings. The average Bonchev–Trinajstić information content (AvgIpc) is 3.25. The van der Waals surface area contributed by atoms with Gasteiger partial charge in [-0.3, -0.25) is 14.0 Å². The molecule has 174 valence electrons. The number of sulfonamides is 1. The second kappa shape index (κ2) is 10.9. The molecule has 0 bridgehead atoms. The molecule has 9 heteroatoms. The molecule has 0 aromatic heterocycles. The Labute approximate surface area is 200 Å². The predicted octanol–water partition coefficient (Wildman–Crippen LogP) is 4.45. The second-order valence-electron chi connectivity index (χ2n) is 8.05. The van der Waals surface area contributed by atoms with Crippen LogP contribution < -0.4 is 9.62 Å². The highest BCUT2D eigenvalue weighted by Gasteiger charge is 2.33. The highest BCUT2D eigenvalue weighted by Crippen LogP contribution is 2.33. The lowest BCUT2D eigenvalue weighted by Gasteiger charge is -2.31. The van der Waals surface area contributed by atoms with Crippen LogP contribution in [0.15, 0.2) is 42.5 Å². The molecule has 0 spiro atoms. The Morgan fingerprint density at radius 1 is 1.12 bits per heavy atom. The molecule has 0 saturated carbocycles. The number of hydrogen-bond donors (Lipinski definition) is 1. The first kappa shape index (κ1) is 24.8. The average molecular weight is 498 g/mol. The van der Waals surface area contributed by atoms with E-state index in [2.05, 4.69) is 16.3 Å². The van der Waals surface area contributed by atoms with Crippen molar-refractivity contribution in [3.8, 4) is 0 Å². The van der Waals surface area contributed by atoms with Gasteiger partial charge in [-0.1, -0.05) is 54.4 Å². The minimum Gasteiger partial charge on any atom is -0.350 e. The summed E-state index contributed by atoms with van der Waals surface area (Å²) in [6, 6.07) is 11.6. The molecular weight excluding hydrogens is 469 g/mol. The molecule has 1 aliphatic heterocycles. The van der Waals surface area contributed by atoms with Gasteiger partial charge in [0.25, 0.3) is 0 Å². The summed E-state index contributed by atoms with van der Waals surface area (Å²) < 4.78 is 26.4. The number of amides is 1. The van der Waals surface area contributed by atoms with E-state index >= 15 is 0 Å². The number of nitrogens with zero attached hydrogens (tertiary/aromatic N) is 2. The number of nitrogens with one attached hydrogen (secondary N) is 1. The fourth-order valence-electron chi connectivity index (χ4n) is 4.06. The van der Waals surface area contributed by atoms with E-state index in [0.717, 1.165) is 35.8 Å². The zero-order chi connectivity index (χ0) is 23.3. The third kappa shape index (κ3) is 6.16. The molecule has 0 aliphatic carbocycles. The van der Waals surface area contributed by atoms with Crippen molar-refractivity contribution in [1.29, 1.82) is 0 Å². The topological polar surface area (TPSA) is 69.7 Å². The maximum atomic E-state index is 13.2. The van der Waals surface area contributed by atoms with Crippen molar-refractivity contribution in [2.45, 2.75) is 45.3 Å². The van der Waals surface area contributed by atoms with Gasteiger partial charge in [-0.15, -0.1) is 0 Å². The molecule has 6 nitrogen and oxygen atoms in total. The standard InChI is InChI=1S/C23H29Cl2N3O3S/c1-3-21(28(32(2,30)31)22-14-19(24)10-11-20(22)25)23(29)26-15-17-8-4-5-9-18(17)16-27-12-6-7-13-27/h4-5,8-11,14,21H,3,6-7,12-13,15-16H2,1-2H3,(H,26,29)/t21-/m0/s1. The van der Waals surface area contributed by atoms with E-state index in [1.807, 2.05) is 18.2 Å². The van der Waals surface area contributed by atoms with Gasteiger partial charge in [-0.2, -0.15) is 0 Å². The van der Waals surface area contributed by atoms with Crippen molar-refractivity contribution in [2.24, 2.45) is 0 Å². The smallest absolute Gasteiger partial charge is 0.244 e. The first-order chi connectivity index (χ1) is 15.2. The monoisotopic (exact) mass is 497 g/mol. The van der Waals surface area contributed by atoms with Crippen molar-refractivity contribution in [2.75, 3.05) is 23.7 Å². The Kier molecular flexibility index (Phi) is 8.44. The van der Waals surface area contributed by atoms with Crippen LogP contribution in [-0.4, -0.2) is 44.6 Å². The van der Waals surface area contributed by atoms with Gasteiger partial charge in [-0.25, -0.2) is 8.42 Å². The van der Waals surface area contributed by atoms with Crippen LogP contribution in [0.5, 0.6) is 0 Å². The lowest BCUT2D eigenvalue weighted by molar-refractivity contribution is -0.122. The SMILES string of the molecule is CC[C@@H](C(=O)NCc1ccccc1CN1CCCC1)N(c1cc(Cl)ccc1Cl)S(C)(=O)=O. The van der Waals surface area contributed by atoms with E-state index < -0.39 is 16.1 Å². The minimum atomic E-state index is -3.80. The van der Waals surface area contributed by atoms with Gasteiger partial charge in [0.1, 0.15) is 6.04 Å². The van der Waals surface area contributed by atoms with Crippen LogP contribution in [0.4, 0.5) is 5.69 Å². The first-order valence-electron chi connectivity index (χ1n) is 10.7. The van der Waals surface area contributed by atoms with Crippen molar-refractivity contribution < 1.29 is 13.2 Å². The van der Waals surface area contributed by atoms with E-state index in [9.17, 15) is 13.2 Å². The first-order valence-corrected chi connectivity index (χ1v) is 13.3. The van der Waals surface area contributed by atoms with Crippen LogP contribution in [0.25, 0.3) is 0 Å². The number of carbonyl (C=O) groups is 1. The van der Waals surface area contributed by atoms with Gasteiger partial charge >= 0.3 is 0 Å². The quantitative estimate of drug-likeness (QED) is 0.555. The third-order valence-corrected chi connectivity index (χ3v) is 7.36. The summed E-state index contributed by atoms with van der Waals surface area (Å²) in [6.07, 6.45) is 3.76. The van der Waals surface area contributed by atoms with Gasteiger partial charge in [0.2, 0.25) is 15.9 Å². The van der Waals surface area contributed by atoms with Gasteiger partial charge in [0, 0.05) is 18.1 Å². The van der Waals surface area contributed by atoms with Crippen LogP contribution in [0.3, 0.4) is 0 Å². The largest absolute Gasteiger partial charge is 0.350 e. The summed E-state index contributed by atoms with van der Waals surface area (Å²) in [5.74, 6) is -0.384. The van der Waals surface area contributed by atoms with Gasteiger partial charge in [-0.05, 0) is 61.7 Å². The molecular formula is C23H29Cl2N3O3S.